The smallest absolute Gasteiger partial charge is 0.0277 e. The molecule has 0 bridgehead atoms. The van der Waals surface area contributed by atoms with Crippen LogP contribution in [0.5, 0.6) is 0 Å². The maximum absolute atomic E-state index is 5.68. The zero-order valence-electron chi connectivity index (χ0n) is 8.92. The highest BCUT2D eigenvalue weighted by Gasteiger charge is 2.33. The summed E-state index contributed by atoms with van der Waals surface area (Å²) in [7, 11) is 0. The highest BCUT2D eigenvalue weighted by Crippen LogP contribution is 2.31. The molecule has 14 heavy (non-hydrogen) atoms. The largest absolute Gasteiger partial charge is 0.326 e. The minimum Gasteiger partial charge on any atom is -0.326 e. The lowest BCUT2D eigenvalue weighted by Gasteiger charge is -2.46. The molecule has 0 saturated carbocycles. The average molecular weight is 210 g/mol. The highest BCUT2D eigenvalue weighted by atomic mass is 32.1. The van der Waals surface area contributed by atoms with Gasteiger partial charge in [-0.05, 0) is 22.4 Å². The lowest BCUT2D eigenvalue weighted by molar-refractivity contribution is 0.0242. The van der Waals surface area contributed by atoms with Crippen molar-refractivity contribution in [2.75, 3.05) is 13.1 Å². The molecule has 3 heteroatoms. The lowest BCUT2D eigenvalue weighted by atomic mass is 9.84. The van der Waals surface area contributed by atoms with Crippen LogP contribution in [0.3, 0.4) is 0 Å². The molecule has 0 unspecified atom stereocenters. The van der Waals surface area contributed by atoms with E-state index in [1.165, 1.54) is 23.5 Å². The van der Waals surface area contributed by atoms with Gasteiger partial charge in [0.2, 0.25) is 0 Å². The first-order valence-electron chi connectivity index (χ1n) is 5.08. The standard InChI is InChI=1S/C11H18N2S/c1-11(2)7-13(8-11)6-9-3-4-14-10(9)5-12/h3-4H,5-8,12H2,1-2H3. The number of likely N-dealkylation sites (tertiary alicyclic amines) is 1. The lowest BCUT2D eigenvalue weighted by Crippen LogP contribution is -2.52. The Kier molecular flexibility index (Phi) is 2.64. The van der Waals surface area contributed by atoms with Gasteiger partial charge in [0.25, 0.3) is 0 Å². The van der Waals surface area contributed by atoms with Crippen LogP contribution in [-0.2, 0) is 13.1 Å². The predicted molar refractivity (Wildman–Crippen MR) is 61.3 cm³/mol. The molecule has 0 radical (unpaired) electrons. The topological polar surface area (TPSA) is 29.3 Å². The molecule has 0 aromatic carbocycles. The van der Waals surface area contributed by atoms with Crippen molar-refractivity contribution in [3.8, 4) is 0 Å². The molecule has 1 aliphatic heterocycles. The second-order valence-corrected chi connectivity index (χ2v) is 5.88. The molecule has 2 rings (SSSR count). The summed E-state index contributed by atoms with van der Waals surface area (Å²) in [6, 6.07) is 2.21. The first kappa shape index (κ1) is 10.1. The number of thiophene rings is 1. The molecule has 1 aliphatic rings. The molecule has 1 aromatic heterocycles. The Morgan fingerprint density at radius 3 is 2.79 bits per heavy atom. The molecule has 78 valence electrons. The van der Waals surface area contributed by atoms with E-state index in [0.29, 0.717) is 12.0 Å². The summed E-state index contributed by atoms with van der Waals surface area (Å²) in [5.74, 6) is 0. The Bertz CT molecular complexity index is 309. The molecule has 1 aromatic rings. The van der Waals surface area contributed by atoms with E-state index in [2.05, 4.69) is 30.2 Å². The van der Waals surface area contributed by atoms with Crippen molar-refractivity contribution in [2.45, 2.75) is 26.9 Å². The first-order valence-corrected chi connectivity index (χ1v) is 5.96. The van der Waals surface area contributed by atoms with Gasteiger partial charge in [0.1, 0.15) is 0 Å². The van der Waals surface area contributed by atoms with Crippen molar-refractivity contribution in [3.63, 3.8) is 0 Å². The Morgan fingerprint density at radius 1 is 1.50 bits per heavy atom. The second kappa shape index (κ2) is 3.65. The van der Waals surface area contributed by atoms with E-state index in [0.717, 1.165) is 6.54 Å². The predicted octanol–water partition coefficient (Wildman–Crippen LogP) is 2.05. The van der Waals surface area contributed by atoms with Crippen LogP contribution in [0.1, 0.15) is 24.3 Å². The van der Waals surface area contributed by atoms with Gasteiger partial charge in [-0.15, -0.1) is 11.3 Å². The molecular formula is C11H18N2S. The van der Waals surface area contributed by atoms with E-state index < -0.39 is 0 Å². The fourth-order valence-corrected chi connectivity index (χ4v) is 2.98. The van der Waals surface area contributed by atoms with Crippen molar-refractivity contribution < 1.29 is 0 Å². The molecule has 0 atom stereocenters. The van der Waals surface area contributed by atoms with Crippen LogP contribution in [-0.4, -0.2) is 18.0 Å². The Balaban J connectivity index is 1.93. The molecular weight excluding hydrogens is 192 g/mol. The van der Waals surface area contributed by atoms with Gasteiger partial charge in [-0.1, -0.05) is 13.8 Å². The summed E-state index contributed by atoms with van der Waals surface area (Å²) in [6.07, 6.45) is 0. The summed E-state index contributed by atoms with van der Waals surface area (Å²) >= 11 is 1.77. The van der Waals surface area contributed by atoms with Crippen molar-refractivity contribution in [1.29, 1.82) is 0 Å². The van der Waals surface area contributed by atoms with Crippen LogP contribution in [0.25, 0.3) is 0 Å². The van der Waals surface area contributed by atoms with E-state index in [9.17, 15) is 0 Å². The van der Waals surface area contributed by atoms with Crippen molar-refractivity contribution >= 4 is 11.3 Å². The minimum absolute atomic E-state index is 0.527. The molecule has 2 heterocycles. The monoisotopic (exact) mass is 210 g/mol. The third-order valence-electron chi connectivity index (χ3n) is 2.72. The van der Waals surface area contributed by atoms with Gasteiger partial charge in [0.05, 0.1) is 0 Å². The average Bonchev–Trinajstić information content (AvgIpc) is 2.48. The van der Waals surface area contributed by atoms with Crippen LogP contribution in [0.2, 0.25) is 0 Å². The summed E-state index contributed by atoms with van der Waals surface area (Å²) < 4.78 is 0. The van der Waals surface area contributed by atoms with E-state index >= 15 is 0 Å². The Morgan fingerprint density at radius 2 is 2.21 bits per heavy atom. The van der Waals surface area contributed by atoms with E-state index in [-0.39, 0.29) is 0 Å². The fraction of sp³-hybridized carbons (Fsp3) is 0.636. The molecule has 0 spiro atoms. The van der Waals surface area contributed by atoms with Gasteiger partial charge in [-0.3, -0.25) is 4.90 Å². The third kappa shape index (κ3) is 2.00. The number of hydrogen-bond donors (Lipinski definition) is 1. The molecule has 0 aliphatic carbocycles. The summed E-state index contributed by atoms with van der Waals surface area (Å²) in [6.45, 7) is 8.84. The molecule has 0 amide bonds. The first-order chi connectivity index (χ1) is 6.61. The van der Waals surface area contributed by atoms with Crippen molar-refractivity contribution in [3.05, 3.63) is 21.9 Å². The third-order valence-corrected chi connectivity index (χ3v) is 3.71. The number of rotatable bonds is 3. The van der Waals surface area contributed by atoms with Gasteiger partial charge in [0, 0.05) is 31.1 Å². The Labute approximate surface area is 89.7 Å². The van der Waals surface area contributed by atoms with E-state index in [1.807, 2.05) is 0 Å². The van der Waals surface area contributed by atoms with Crippen LogP contribution in [0.4, 0.5) is 0 Å². The van der Waals surface area contributed by atoms with Crippen molar-refractivity contribution in [2.24, 2.45) is 11.1 Å². The minimum atomic E-state index is 0.527. The van der Waals surface area contributed by atoms with Crippen LogP contribution < -0.4 is 5.73 Å². The maximum Gasteiger partial charge on any atom is 0.0277 e. The van der Waals surface area contributed by atoms with Gasteiger partial charge < -0.3 is 5.73 Å². The zero-order chi connectivity index (χ0) is 10.2. The summed E-state index contributed by atoms with van der Waals surface area (Å²) in [5, 5.41) is 2.14. The maximum atomic E-state index is 5.68. The van der Waals surface area contributed by atoms with Gasteiger partial charge in [-0.2, -0.15) is 0 Å². The SMILES string of the molecule is CC1(C)CN(Cc2ccsc2CN)C1. The summed E-state index contributed by atoms with van der Waals surface area (Å²) in [5.41, 5.74) is 7.63. The van der Waals surface area contributed by atoms with Gasteiger partial charge in [-0.25, -0.2) is 0 Å². The van der Waals surface area contributed by atoms with E-state index in [1.54, 1.807) is 11.3 Å². The second-order valence-electron chi connectivity index (χ2n) is 4.88. The number of hydrogen-bond acceptors (Lipinski definition) is 3. The summed E-state index contributed by atoms with van der Waals surface area (Å²) in [4.78, 5) is 3.83. The molecule has 1 fully saturated rings. The number of nitrogens with two attached hydrogens (primary N) is 1. The molecule has 1 saturated heterocycles. The van der Waals surface area contributed by atoms with Crippen LogP contribution >= 0.6 is 11.3 Å². The zero-order valence-corrected chi connectivity index (χ0v) is 9.73. The quantitative estimate of drug-likeness (QED) is 0.827. The number of nitrogens with zero attached hydrogens (tertiary/aromatic N) is 1. The van der Waals surface area contributed by atoms with Gasteiger partial charge >= 0.3 is 0 Å². The van der Waals surface area contributed by atoms with Crippen LogP contribution in [0.15, 0.2) is 11.4 Å². The molecule has 2 N–H and O–H groups in total. The normalized spacial score (nSPS) is 20.8. The van der Waals surface area contributed by atoms with Crippen LogP contribution in [0, 0.1) is 5.41 Å². The fourth-order valence-electron chi connectivity index (χ4n) is 2.20. The Hall–Kier alpha value is -0.380. The van der Waals surface area contributed by atoms with Gasteiger partial charge in [0.15, 0.2) is 0 Å². The molecule has 2 nitrogen and oxygen atoms in total. The van der Waals surface area contributed by atoms with E-state index in [4.69, 9.17) is 5.73 Å². The highest BCUT2D eigenvalue weighted by molar-refractivity contribution is 7.10. The van der Waals surface area contributed by atoms with Crippen molar-refractivity contribution in [1.82, 2.24) is 4.90 Å².